The Morgan fingerprint density at radius 1 is 1.21 bits per heavy atom. The van der Waals surface area contributed by atoms with Crippen molar-refractivity contribution in [1.82, 2.24) is 14.9 Å². The fourth-order valence-corrected chi connectivity index (χ4v) is 4.46. The molecule has 11 heteroatoms. The molecular weight excluding hydrogens is 471 g/mol. The van der Waals surface area contributed by atoms with Gasteiger partial charge in [0.1, 0.15) is 22.8 Å². The summed E-state index contributed by atoms with van der Waals surface area (Å²) in [6, 6.07) is 9.14. The molecule has 0 spiro atoms. The van der Waals surface area contributed by atoms with Crippen molar-refractivity contribution in [2.75, 3.05) is 18.4 Å². The molecule has 0 bridgehead atoms. The summed E-state index contributed by atoms with van der Waals surface area (Å²) in [7, 11) is 0. The standard InChI is InChI=1S/C18H18ClFN4S.C4H4O4.H2/c19-16-9-15-17(21-11-22-18(15)25-16)23-14-4-6-24(7-5-14)10-12-2-1-3-13(20)8-12;5-3(6)1-2-4(7)8;/h1-3,8-9,11,14H,4-7,10H2,(H,21,22,23);1-2H,(H,5,6)(H,7,8);1H/b;2-1-;. The third-order valence-electron chi connectivity index (χ3n) is 4.89. The van der Waals surface area contributed by atoms with Gasteiger partial charge in [-0.1, -0.05) is 23.7 Å². The number of aromatic nitrogens is 2. The normalized spacial score (nSPS) is 14.7. The number of carboxylic acid groups (broad SMARTS) is 2. The molecule has 1 aliphatic rings. The maximum absolute atomic E-state index is 13.3. The Morgan fingerprint density at radius 2 is 1.91 bits per heavy atom. The minimum absolute atomic E-state index is 0. The molecule has 1 fully saturated rings. The van der Waals surface area contributed by atoms with Crippen LogP contribution in [0.2, 0.25) is 4.34 Å². The molecule has 0 amide bonds. The van der Waals surface area contributed by atoms with Crippen LogP contribution >= 0.6 is 22.9 Å². The van der Waals surface area contributed by atoms with Gasteiger partial charge in [0, 0.05) is 39.3 Å². The summed E-state index contributed by atoms with van der Waals surface area (Å²) >= 11 is 7.56. The molecule has 176 valence electrons. The Bertz CT molecular complexity index is 1140. The molecule has 0 radical (unpaired) electrons. The lowest BCUT2D eigenvalue weighted by Gasteiger charge is -2.32. The molecule has 0 saturated carbocycles. The summed E-state index contributed by atoms with van der Waals surface area (Å²) in [4.78, 5) is 31.0. The second-order valence-corrected chi connectivity index (χ2v) is 8.99. The summed E-state index contributed by atoms with van der Waals surface area (Å²) < 4.78 is 14.0. The highest BCUT2D eigenvalue weighted by Crippen LogP contribution is 2.32. The third kappa shape index (κ3) is 7.77. The number of benzene rings is 1. The van der Waals surface area contributed by atoms with Crippen LogP contribution in [0.4, 0.5) is 10.2 Å². The van der Waals surface area contributed by atoms with E-state index in [1.807, 2.05) is 12.1 Å². The highest BCUT2D eigenvalue weighted by atomic mass is 35.5. The lowest BCUT2D eigenvalue weighted by Crippen LogP contribution is -2.38. The predicted molar refractivity (Wildman–Crippen MR) is 127 cm³/mol. The van der Waals surface area contributed by atoms with Crippen LogP contribution in [0.15, 0.2) is 48.8 Å². The van der Waals surface area contributed by atoms with Crippen LogP contribution in [0.25, 0.3) is 10.2 Å². The zero-order valence-electron chi connectivity index (χ0n) is 17.4. The Kier molecular flexibility index (Phi) is 8.70. The summed E-state index contributed by atoms with van der Waals surface area (Å²) in [5.41, 5.74) is 1.02. The Labute approximate surface area is 199 Å². The van der Waals surface area contributed by atoms with Crippen molar-refractivity contribution in [3.63, 3.8) is 0 Å². The van der Waals surface area contributed by atoms with Crippen LogP contribution in [0.5, 0.6) is 0 Å². The Morgan fingerprint density at radius 3 is 2.55 bits per heavy atom. The number of aliphatic carboxylic acids is 2. The lowest BCUT2D eigenvalue weighted by molar-refractivity contribution is -0.134. The molecule has 0 atom stereocenters. The molecule has 3 heterocycles. The molecule has 1 aliphatic heterocycles. The first kappa shape index (κ1) is 24.6. The molecule has 3 aromatic rings. The summed E-state index contributed by atoms with van der Waals surface area (Å²) in [5.74, 6) is -1.83. The van der Waals surface area contributed by atoms with Gasteiger partial charge in [0.05, 0.1) is 9.72 Å². The second-order valence-electron chi connectivity index (χ2n) is 7.33. The largest absolute Gasteiger partial charge is 0.478 e. The summed E-state index contributed by atoms with van der Waals surface area (Å²) in [6.07, 6.45) is 4.75. The van der Waals surface area contributed by atoms with Crippen molar-refractivity contribution in [2.45, 2.75) is 25.4 Å². The van der Waals surface area contributed by atoms with Crippen LogP contribution in [0.3, 0.4) is 0 Å². The first-order valence-corrected chi connectivity index (χ1v) is 11.3. The molecule has 2 aromatic heterocycles. The van der Waals surface area contributed by atoms with E-state index in [1.165, 1.54) is 17.4 Å². The molecule has 1 saturated heterocycles. The van der Waals surface area contributed by atoms with Crippen molar-refractivity contribution >= 4 is 50.9 Å². The number of hydrogen-bond acceptors (Lipinski definition) is 7. The Balaban J connectivity index is 0.000000394. The third-order valence-corrected chi connectivity index (χ3v) is 6.06. The number of nitrogens with zero attached hydrogens (tertiary/aromatic N) is 3. The number of thiophene rings is 1. The van der Waals surface area contributed by atoms with Gasteiger partial charge in [-0.2, -0.15) is 0 Å². The number of anilines is 1. The maximum atomic E-state index is 13.3. The molecule has 33 heavy (non-hydrogen) atoms. The van der Waals surface area contributed by atoms with E-state index in [2.05, 4.69) is 20.2 Å². The number of likely N-dealkylation sites (tertiary alicyclic amines) is 1. The smallest absolute Gasteiger partial charge is 0.328 e. The van der Waals surface area contributed by atoms with Gasteiger partial charge in [0.2, 0.25) is 0 Å². The second kappa shape index (κ2) is 11.7. The number of rotatable bonds is 6. The van der Waals surface area contributed by atoms with E-state index in [1.54, 1.807) is 18.5 Å². The van der Waals surface area contributed by atoms with E-state index in [0.717, 1.165) is 58.4 Å². The minimum Gasteiger partial charge on any atom is -0.478 e. The van der Waals surface area contributed by atoms with E-state index in [-0.39, 0.29) is 7.24 Å². The van der Waals surface area contributed by atoms with Gasteiger partial charge < -0.3 is 15.5 Å². The number of nitrogens with one attached hydrogen (secondary N) is 1. The van der Waals surface area contributed by atoms with Crippen LogP contribution in [0, 0.1) is 5.82 Å². The fraction of sp³-hybridized carbons (Fsp3) is 0.273. The van der Waals surface area contributed by atoms with E-state index >= 15 is 0 Å². The van der Waals surface area contributed by atoms with Crippen molar-refractivity contribution in [2.24, 2.45) is 0 Å². The number of fused-ring (bicyclic) bond motifs is 1. The highest BCUT2D eigenvalue weighted by molar-refractivity contribution is 7.22. The van der Waals surface area contributed by atoms with Crippen LogP contribution in [-0.2, 0) is 16.1 Å². The van der Waals surface area contributed by atoms with Crippen molar-refractivity contribution in [3.05, 3.63) is 64.5 Å². The monoisotopic (exact) mass is 494 g/mol. The lowest BCUT2D eigenvalue weighted by atomic mass is 10.0. The van der Waals surface area contributed by atoms with Gasteiger partial charge in [-0.3, -0.25) is 4.90 Å². The van der Waals surface area contributed by atoms with Crippen molar-refractivity contribution < 1.29 is 25.6 Å². The van der Waals surface area contributed by atoms with Crippen LogP contribution in [-0.4, -0.2) is 56.2 Å². The summed E-state index contributed by atoms with van der Waals surface area (Å²) in [5, 5.41) is 20.2. The quantitative estimate of drug-likeness (QED) is 0.428. The first-order valence-electron chi connectivity index (χ1n) is 10.1. The Hall–Kier alpha value is -3.08. The van der Waals surface area contributed by atoms with Gasteiger partial charge in [0.25, 0.3) is 0 Å². The fourth-order valence-electron chi connectivity index (χ4n) is 3.41. The number of halogens is 2. The molecule has 0 aliphatic carbocycles. The van der Waals surface area contributed by atoms with E-state index in [9.17, 15) is 14.0 Å². The molecule has 0 unspecified atom stereocenters. The topological polar surface area (TPSA) is 116 Å². The van der Waals surface area contributed by atoms with Gasteiger partial charge in [-0.25, -0.2) is 23.9 Å². The maximum Gasteiger partial charge on any atom is 0.328 e. The molecule has 1 aromatic carbocycles. The van der Waals surface area contributed by atoms with E-state index < -0.39 is 11.9 Å². The van der Waals surface area contributed by atoms with Crippen LogP contribution in [0.1, 0.15) is 19.8 Å². The van der Waals surface area contributed by atoms with Gasteiger partial charge in [-0.15, -0.1) is 11.3 Å². The number of carboxylic acids is 2. The molecule has 3 N–H and O–H groups in total. The molecule has 4 rings (SSSR count). The van der Waals surface area contributed by atoms with E-state index in [0.29, 0.717) is 18.2 Å². The average Bonchev–Trinajstić information content (AvgIpc) is 3.15. The number of piperidine rings is 1. The van der Waals surface area contributed by atoms with Gasteiger partial charge in [0.15, 0.2) is 0 Å². The number of hydrogen-bond donors (Lipinski definition) is 3. The van der Waals surface area contributed by atoms with Crippen molar-refractivity contribution in [1.29, 1.82) is 0 Å². The predicted octanol–water partition coefficient (Wildman–Crippen LogP) is 4.52. The van der Waals surface area contributed by atoms with Crippen LogP contribution < -0.4 is 5.32 Å². The zero-order valence-corrected chi connectivity index (χ0v) is 19.0. The zero-order chi connectivity index (χ0) is 23.8. The first-order chi connectivity index (χ1) is 15.8. The average molecular weight is 495 g/mol. The molecule has 8 nitrogen and oxygen atoms in total. The minimum atomic E-state index is -1.26. The van der Waals surface area contributed by atoms with Gasteiger partial charge >= 0.3 is 11.9 Å². The highest BCUT2D eigenvalue weighted by Gasteiger charge is 2.20. The molecular formula is C22H24ClFN4O4S. The van der Waals surface area contributed by atoms with E-state index in [4.69, 9.17) is 21.8 Å². The van der Waals surface area contributed by atoms with Gasteiger partial charge in [-0.05, 0) is 36.6 Å². The number of carbonyl (C=O) groups is 2. The SMILES string of the molecule is Fc1cccc(CN2CCC(Nc3ncnc4sc(Cl)cc34)CC2)c1.O=C(O)/C=C\C(=O)O.[HH]. The van der Waals surface area contributed by atoms with Crippen molar-refractivity contribution in [3.8, 4) is 0 Å². The summed E-state index contributed by atoms with van der Waals surface area (Å²) in [6.45, 7) is 2.75.